The predicted molar refractivity (Wildman–Crippen MR) is 119 cm³/mol. The Labute approximate surface area is 184 Å². The van der Waals surface area contributed by atoms with Gasteiger partial charge in [-0.05, 0) is 43.3 Å². The first-order chi connectivity index (χ1) is 15.1. The second kappa shape index (κ2) is 9.02. The number of ether oxygens (including phenoxy) is 1. The number of rotatable bonds is 6. The zero-order valence-electron chi connectivity index (χ0n) is 16.8. The van der Waals surface area contributed by atoms with Crippen LogP contribution in [0.3, 0.4) is 0 Å². The molecule has 1 atom stereocenters. The molecule has 1 fully saturated rings. The number of hydrogen-bond donors (Lipinski definition) is 0. The van der Waals surface area contributed by atoms with Crippen LogP contribution >= 0.6 is 11.8 Å². The standard InChI is InChI=1S/C24H19N3O3S/c1-2-30-19-11-9-18(10-12-19)27-22(28)14-21(24(27)29)31-23-17(15-25)8-13-20(26-23)16-6-4-3-5-7-16/h3-13,21H,2,14H2,1H3/t21-/m0/s1. The third-order valence-corrected chi connectivity index (χ3v) is 6.00. The Morgan fingerprint density at radius 1 is 1.10 bits per heavy atom. The maximum Gasteiger partial charge on any atom is 0.247 e. The first-order valence-corrected chi connectivity index (χ1v) is 10.7. The summed E-state index contributed by atoms with van der Waals surface area (Å²) in [6.07, 6.45) is 0.0544. The molecular formula is C24H19N3O3S. The van der Waals surface area contributed by atoms with Gasteiger partial charge >= 0.3 is 0 Å². The van der Waals surface area contributed by atoms with Crippen molar-refractivity contribution in [1.82, 2.24) is 4.98 Å². The van der Waals surface area contributed by atoms with Gasteiger partial charge in [-0.3, -0.25) is 9.59 Å². The largest absolute Gasteiger partial charge is 0.494 e. The lowest BCUT2D eigenvalue weighted by Gasteiger charge is -2.15. The van der Waals surface area contributed by atoms with Gasteiger partial charge < -0.3 is 4.74 Å². The van der Waals surface area contributed by atoms with Gasteiger partial charge in [0.2, 0.25) is 11.8 Å². The number of carbonyl (C=O) groups excluding carboxylic acids is 2. The van der Waals surface area contributed by atoms with E-state index in [1.54, 1.807) is 36.4 Å². The molecule has 154 valence electrons. The Morgan fingerprint density at radius 3 is 2.52 bits per heavy atom. The second-order valence-electron chi connectivity index (χ2n) is 6.83. The zero-order chi connectivity index (χ0) is 21.8. The van der Waals surface area contributed by atoms with Gasteiger partial charge in [0.15, 0.2) is 0 Å². The average Bonchev–Trinajstić information content (AvgIpc) is 3.08. The maximum absolute atomic E-state index is 13.0. The lowest BCUT2D eigenvalue weighted by Crippen LogP contribution is -2.31. The van der Waals surface area contributed by atoms with Gasteiger partial charge in [-0.25, -0.2) is 9.88 Å². The summed E-state index contributed by atoms with van der Waals surface area (Å²) in [6.45, 7) is 2.43. The third-order valence-electron chi connectivity index (χ3n) is 4.82. The molecular weight excluding hydrogens is 410 g/mol. The van der Waals surface area contributed by atoms with Crippen molar-refractivity contribution in [3.8, 4) is 23.1 Å². The van der Waals surface area contributed by atoms with E-state index in [9.17, 15) is 14.9 Å². The van der Waals surface area contributed by atoms with Crippen LogP contribution in [0.15, 0.2) is 71.8 Å². The Hall–Kier alpha value is -3.63. The number of amides is 2. The van der Waals surface area contributed by atoms with Gasteiger partial charge in [0.05, 0.1) is 28.8 Å². The van der Waals surface area contributed by atoms with Crippen LogP contribution in [0.2, 0.25) is 0 Å². The number of nitriles is 1. The molecule has 0 saturated carbocycles. The Kier molecular flexibility index (Phi) is 6.01. The molecule has 1 aromatic heterocycles. The minimum absolute atomic E-state index is 0.0544. The van der Waals surface area contributed by atoms with Crippen LogP contribution in [0.4, 0.5) is 5.69 Å². The fourth-order valence-electron chi connectivity index (χ4n) is 3.35. The Balaban J connectivity index is 1.58. The van der Waals surface area contributed by atoms with Gasteiger partial charge in [-0.2, -0.15) is 5.26 Å². The van der Waals surface area contributed by atoms with E-state index in [1.165, 1.54) is 4.90 Å². The van der Waals surface area contributed by atoms with Crippen molar-refractivity contribution in [3.05, 3.63) is 72.3 Å². The fraction of sp³-hybridized carbons (Fsp3) is 0.167. The normalized spacial score (nSPS) is 15.7. The van der Waals surface area contributed by atoms with Crippen molar-refractivity contribution in [2.24, 2.45) is 0 Å². The molecule has 0 radical (unpaired) electrons. The van der Waals surface area contributed by atoms with Gasteiger partial charge in [-0.1, -0.05) is 42.1 Å². The van der Waals surface area contributed by atoms with E-state index in [-0.39, 0.29) is 18.2 Å². The van der Waals surface area contributed by atoms with E-state index in [2.05, 4.69) is 11.1 Å². The highest BCUT2D eigenvalue weighted by molar-refractivity contribution is 8.00. The molecule has 0 N–H and O–H groups in total. The van der Waals surface area contributed by atoms with E-state index in [0.29, 0.717) is 34.3 Å². The highest BCUT2D eigenvalue weighted by Gasteiger charge is 2.40. The van der Waals surface area contributed by atoms with Crippen molar-refractivity contribution in [1.29, 1.82) is 5.26 Å². The lowest BCUT2D eigenvalue weighted by molar-refractivity contribution is -0.121. The van der Waals surface area contributed by atoms with Crippen LogP contribution < -0.4 is 9.64 Å². The quantitative estimate of drug-likeness (QED) is 0.539. The van der Waals surface area contributed by atoms with Gasteiger partial charge in [-0.15, -0.1) is 0 Å². The van der Waals surface area contributed by atoms with Gasteiger partial charge in [0.1, 0.15) is 16.8 Å². The molecule has 2 amide bonds. The van der Waals surface area contributed by atoms with Crippen LogP contribution in [0, 0.1) is 11.3 Å². The average molecular weight is 430 g/mol. The number of imide groups is 1. The molecule has 7 heteroatoms. The summed E-state index contributed by atoms with van der Waals surface area (Å²) in [5.74, 6) is 0.0937. The van der Waals surface area contributed by atoms with E-state index < -0.39 is 5.25 Å². The summed E-state index contributed by atoms with van der Waals surface area (Å²) in [6, 6.07) is 22.1. The zero-order valence-corrected chi connectivity index (χ0v) is 17.6. The van der Waals surface area contributed by atoms with Crippen molar-refractivity contribution in [3.63, 3.8) is 0 Å². The molecule has 0 unspecified atom stereocenters. The van der Waals surface area contributed by atoms with E-state index in [0.717, 1.165) is 17.3 Å². The molecule has 2 heterocycles. The molecule has 1 saturated heterocycles. The van der Waals surface area contributed by atoms with E-state index >= 15 is 0 Å². The van der Waals surface area contributed by atoms with Crippen LogP contribution in [-0.4, -0.2) is 28.7 Å². The van der Waals surface area contributed by atoms with Crippen LogP contribution in [0.25, 0.3) is 11.3 Å². The number of pyridine rings is 1. The van der Waals surface area contributed by atoms with Crippen molar-refractivity contribution >= 4 is 29.3 Å². The topological polar surface area (TPSA) is 83.3 Å². The molecule has 0 spiro atoms. The summed E-state index contributed by atoms with van der Waals surface area (Å²) in [5.41, 5.74) is 2.51. The Morgan fingerprint density at radius 2 is 1.84 bits per heavy atom. The molecule has 0 bridgehead atoms. The third kappa shape index (κ3) is 4.30. The summed E-state index contributed by atoms with van der Waals surface area (Å²) in [7, 11) is 0. The molecule has 2 aromatic carbocycles. The van der Waals surface area contributed by atoms with Gasteiger partial charge in [0, 0.05) is 12.0 Å². The number of nitrogens with zero attached hydrogens (tertiary/aromatic N) is 3. The number of aromatic nitrogens is 1. The first kappa shape index (κ1) is 20.6. The number of benzene rings is 2. The minimum atomic E-state index is -0.635. The second-order valence-corrected chi connectivity index (χ2v) is 8.02. The van der Waals surface area contributed by atoms with E-state index in [1.807, 2.05) is 37.3 Å². The lowest BCUT2D eigenvalue weighted by atomic mass is 10.1. The molecule has 1 aliphatic rings. The van der Waals surface area contributed by atoms with E-state index in [4.69, 9.17) is 4.74 Å². The summed E-state index contributed by atoms with van der Waals surface area (Å²) >= 11 is 1.16. The van der Waals surface area contributed by atoms with Crippen molar-refractivity contribution < 1.29 is 14.3 Å². The number of carbonyl (C=O) groups is 2. The van der Waals surface area contributed by atoms with Crippen molar-refractivity contribution in [2.45, 2.75) is 23.6 Å². The number of anilines is 1. The van der Waals surface area contributed by atoms with Crippen molar-refractivity contribution in [2.75, 3.05) is 11.5 Å². The fourth-order valence-corrected chi connectivity index (χ4v) is 4.44. The highest BCUT2D eigenvalue weighted by Crippen LogP contribution is 2.36. The molecule has 3 aromatic rings. The monoisotopic (exact) mass is 429 g/mol. The molecule has 4 rings (SSSR count). The molecule has 31 heavy (non-hydrogen) atoms. The smallest absolute Gasteiger partial charge is 0.247 e. The Bertz CT molecular complexity index is 1160. The summed E-state index contributed by atoms with van der Waals surface area (Å²) in [4.78, 5) is 31.4. The maximum atomic E-state index is 13.0. The summed E-state index contributed by atoms with van der Waals surface area (Å²) < 4.78 is 5.42. The first-order valence-electron chi connectivity index (χ1n) is 9.83. The molecule has 0 aliphatic carbocycles. The van der Waals surface area contributed by atoms with Crippen LogP contribution in [0.1, 0.15) is 18.9 Å². The highest BCUT2D eigenvalue weighted by atomic mass is 32.2. The van der Waals surface area contributed by atoms with Gasteiger partial charge in [0.25, 0.3) is 0 Å². The van der Waals surface area contributed by atoms with Crippen LogP contribution in [0.5, 0.6) is 5.75 Å². The SMILES string of the molecule is CCOc1ccc(N2C(=O)C[C@H](Sc3nc(-c4ccccc4)ccc3C#N)C2=O)cc1. The molecule has 1 aliphatic heterocycles. The number of thioether (sulfide) groups is 1. The number of hydrogen-bond acceptors (Lipinski definition) is 6. The van der Waals surface area contributed by atoms with Crippen LogP contribution in [-0.2, 0) is 9.59 Å². The summed E-state index contributed by atoms with van der Waals surface area (Å²) in [5, 5.41) is 9.31. The minimum Gasteiger partial charge on any atom is -0.494 e. The molecule has 6 nitrogen and oxygen atoms in total. The predicted octanol–water partition coefficient (Wildman–Crippen LogP) is 4.44.